The summed E-state index contributed by atoms with van der Waals surface area (Å²) in [5.74, 6) is -0.129. The van der Waals surface area contributed by atoms with Gasteiger partial charge in [0.25, 0.3) is 5.91 Å². The molecule has 7 heteroatoms. The SMILES string of the molecule is O=C(c1ccc([N+](=O)[O-])o1)N1CCC(c2cccs2)CC1. The number of carbonyl (C=O) groups excluding carboxylic acids is 1. The number of likely N-dealkylation sites (tertiary alicyclic amines) is 1. The molecule has 1 amide bonds. The zero-order valence-corrected chi connectivity index (χ0v) is 12.0. The van der Waals surface area contributed by atoms with Gasteiger partial charge in [-0.3, -0.25) is 14.9 Å². The van der Waals surface area contributed by atoms with Gasteiger partial charge in [0.05, 0.1) is 6.07 Å². The Morgan fingerprint density at radius 2 is 2.10 bits per heavy atom. The molecule has 2 aromatic heterocycles. The lowest BCUT2D eigenvalue weighted by molar-refractivity contribution is -0.402. The molecule has 0 atom stereocenters. The van der Waals surface area contributed by atoms with Crippen molar-refractivity contribution in [2.24, 2.45) is 0 Å². The van der Waals surface area contributed by atoms with Crippen LogP contribution in [0.2, 0.25) is 0 Å². The lowest BCUT2D eigenvalue weighted by Gasteiger charge is -2.30. The van der Waals surface area contributed by atoms with Gasteiger partial charge in [0.2, 0.25) is 0 Å². The van der Waals surface area contributed by atoms with E-state index in [1.54, 1.807) is 16.2 Å². The van der Waals surface area contributed by atoms with Crippen LogP contribution < -0.4 is 0 Å². The summed E-state index contributed by atoms with van der Waals surface area (Å²) in [5, 5.41) is 12.6. The summed E-state index contributed by atoms with van der Waals surface area (Å²) < 4.78 is 4.97. The Kier molecular flexibility index (Phi) is 3.74. The molecular formula is C14H14N2O4S. The van der Waals surface area contributed by atoms with Crippen LogP contribution in [0.5, 0.6) is 0 Å². The number of nitrogens with zero attached hydrogens (tertiary/aromatic N) is 2. The van der Waals surface area contributed by atoms with E-state index in [0.717, 1.165) is 12.8 Å². The Morgan fingerprint density at radius 3 is 2.67 bits per heavy atom. The van der Waals surface area contributed by atoms with Gasteiger partial charge in [-0.15, -0.1) is 11.3 Å². The molecule has 21 heavy (non-hydrogen) atoms. The van der Waals surface area contributed by atoms with Crippen LogP contribution in [0.4, 0.5) is 5.88 Å². The first-order valence-electron chi connectivity index (χ1n) is 6.72. The first-order chi connectivity index (χ1) is 10.1. The Hall–Kier alpha value is -2.15. The number of rotatable bonds is 3. The monoisotopic (exact) mass is 306 g/mol. The molecule has 1 saturated heterocycles. The second-order valence-corrected chi connectivity index (χ2v) is 5.96. The predicted octanol–water partition coefficient (Wildman–Crippen LogP) is 3.27. The number of amides is 1. The molecule has 0 aromatic carbocycles. The highest BCUT2D eigenvalue weighted by atomic mass is 32.1. The normalized spacial score (nSPS) is 16.1. The molecule has 0 aliphatic carbocycles. The first kappa shape index (κ1) is 13.8. The molecule has 0 spiro atoms. The fourth-order valence-corrected chi connectivity index (χ4v) is 3.49. The van der Waals surface area contributed by atoms with Crippen LogP contribution in [-0.2, 0) is 0 Å². The molecule has 1 aliphatic heterocycles. The third kappa shape index (κ3) is 2.82. The fraction of sp³-hybridized carbons (Fsp3) is 0.357. The zero-order valence-electron chi connectivity index (χ0n) is 11.2. The number of hydrogen-bond acceptors (Lipinski definition) is 5. The van der Waals surface area contributed by atoms with E-state index in [4.69, 9.17) is 4.42 Å². The van der Waals surface area contributed by atoms with Crippen molar-refractivity contribution >= 4 is 23.1 Å². The van der Waals surface area contributed by atoms with Gasteiger partial charge in [-0.1, -0.05) is 6.07 Å². The molecule has 0 saturated carbocycles. The second-order valence-electron chi connectivity index (χ2n) is 4.98. The van der Waals surface area contributed by atoms with E-state index in [2.05, 4.69) is 11.4 Å². The molecule has 110 valence electrons. The van der Waals surface area contributed by atoms with Crippen molar-refractivity contribution in [2.45, 2.75) is 18.8 Å². The molecule has 3 rings (SSSR count). The number of thiophene rings is 1. The van der Waals surface area contributed by atoms with E-state index in [0.29, 0.717) is 19.0 Å². The van der Waals surface area contributed by atoms with Crippen LogP contribution >= 0.6 is 11.3 Å². The van der Waals surface area contributed by atoms with Crippen LogP contribution in [0.3, 0.4) is 0 Å². The highest BCUT2D eigenvalue weighted by Crippen LogP contribution is 2.31. The summed E-state index contributed by atoms with van der Waals surface area (Å²) >= 11 is 1.75. The van der Waals surface area contributed by atoms with Crippen LogP contribution in [0.25, 0.3) is 0 Å². The van der Waals surface area contributed by atoms with Crippen LogP contribution in [0, 0.1) is 10.1 Å². The Morgan fingerprint density at radius 1 is 1.33 bits per heavy atom. The van der Waals surface area contributed by atoms with E-state index in [9.17, 15) is 14.9 Å². The summed E-state index contributed by atoms with van der Waals surface area (Å²) in [4.78, 5) is 25.2. The van der Waals surface area contributed by atoms with Gasteiger partial charge < -0.3 is 9.32 Å². The first-order valence-corrected chi connectivity index (χ1v) is 7.60. The standard InChI is InChI=1S/C14H14N2O4S/c17-14(11-3-4-13(20-11)16(18)19)15-7-5-10(6-8-15)12-2-1-9-21-12/h1-4,9-10H,5-8H2. The number of furan rings is 1. The van der Waals surface area contributed by atoms with Crippen molar-refractivity contribution in [3.05, 3.63) is 50.4 Å². The lowest BCUT2D eigenvalue weighted by atomic mass is 9.95. The third-order valence-electron chi connectivity index (χ3n) is 3.71. The van der Waals surface area contributed by atoms with Crippen molar-refractivity contribution in [2.75, 3.05) is 13.1 Å². The molecule has 2 aromatic rings. The number of hydrogen-bond donors (Lipinski definition) is 0. The second kappa shape index (κ2) is 5.69. The summed E-state index contributed by atoms with van der Waals surface area (Å²) in [7, 11) is 0. The van der Waals surface area contributed by atoms with E-state index < -0.39 is 10.8 Å². The quantitative estimate of drug-likeness (QED) is 0.644. The smallest absolute Gasteiger partial charge is 0.395 e. The van der Waals surface area contributed by atoms with Crippen molar-refractivity contribution in [3.63, 3.8) is 0 Å². The van der Waals surface area contributed by atoms with Crippen LogP contribution in [0.15, 0.2) is 34.1 Å². The van der Waals surface area contributed by atoms with Crippen molar-refractivity contribution in [3.8, 4) is 0 Å². The average molecular weight is 306 g/mol. The van der Waals surface area contributed by atoms with Crippen molar-refractivity contribution in [1.82, 2.24) is 4.90 Å². The molecule has 1 aliphatic rings. The van der Waals surface area contributed by atoms with E-state index >= 15 is 0 Å². The highest BCUT2D eigenvalue weighted by molar-refractivity contribution is 7.10. The Balaban J connectivity index is 1.63. The summed E-state index contributed by atoms with van der Waals surface area (Å²) in [5.41, 5.74) is 0. The molecule has 3 heterocycles. The van der Waals surface area contributed by atoms with E-state index in [1.807, 2.05) is 6.07 Å². The van der Waals surface area contributed by atoms with Gasteiger partial charge in [-0.05, 0) is 36.3 Å². The topological polar surface area (TPSA) is 76.6 Å². The maximum atomic E-state index is 12.2. The van der Waals surface area contributed by atoms with Gasteiger partial charge in [0.1, 0.15) is 4.92 Å². The van der Waals surface area contributed by atoms with Crippen molar-refractivity contribution in [1.29, 1.82) is 0 Å². The van der Waals surface area contributed by atoms with Crippen molar-refractivity contribution < 1.29 is 14.1 Å². The maximum absolute atomic E-state index is 12.2. The van der Waals surface area contributed by atoms with E-state index in [-0.39, 0.29) is 11.7 Å². The lowest BCUT2D eigenvalue weighted by Crippen LogP contribution is -2.37. The van der Waals surface area contributed by atoms with E-state index in [1.165, 1.54) is 17.0 Å². The molecule has 0 radical (unpaired) electrons. The van der Waals surface area contributed by atoms with Crippen LogP contribution in [-0.4, -0.2) is 28.8 Å². The highest BCUT2D eigenvalue weighted by Gasteiger charge is 2.27. The van der Waals surface area contributed by atoms with Gasteiger partial charge in [0, 0.05) is 18.0 Å². The Bertz CT molecular complexity index is 642. The third-order valence-corrected chi connectivity index (χ3v) is 4.75. The van der Waals surface area contributed by atoms with Gasteiger partial charge in [0.15, 0.2) is 5.76 Å². The zero-order chi connectivity index (χ0) is 14.8. The average Bonchev–Trinajstić information content (AvgIpc) is 3.18. The number of carbonyl (C=O) groups is 1. The summed E-state index contributed by atoms with van der Waals surface area (Å²) in [6.45, 7) is 1.30. The number of piperidine rings is 1. The fourth-order valence-electron chi connectivity index (χ4n) is 2.59. The summed E-state index contributed by atoms with van der Waals surface area (Å²) in [6.07, 6.45) is 1.82. The molecule has 0 bridgehead atoms. The molecule has 6 nitrogen and oxygen atoms in total. The minimum absolute atomic E-state index is 0.0382. The minimum atomic E-state index is -0.639. The summed E-state index contributed by atoms with van der Waals surface area (Å²) in [6, 6.07) is 6.75. The van der Waals surface area contributed by atoms with Gasteiger partial charge in [-0.25, -0.2) is 0 Å². The molecule has 0 unspecified atom stereocenters. The van der Waals surface area contributed by atoms with Gasteiger partial charge >= 0.3 is 5.88 Å². The van der Waals surface area contributed by atoms with Crippen LogP contribution in [0.1, 0.15) is 34.2 Å². The molecule has 0 N–H and O–H groups in total. The number of nitro groups is 1. The molecular weight excluding hydrogens is 292 g/mol. The minimum Gasteiger partial charge on any atom is -0.395 e. The molecule has 1 fully saturated rings. The predicted molar refractivity (Wildman–Crippen MR) is 77.6 cm³/mol. The maximum Gasteiger partial charge on any atom is 0.433 e. The van der Waals surface area contributed by atoms with Gasteiger partial charge in [-0.2, -0.15) is 0 Å². The largest absolute Gasteiger partial charge is 0.433 e. The Labute approximate surface area is 125 Å².